The van der Waals surface area contributed by atoms with Gasteiger partial charge in [-0.15, -0.1) is 21.5 Å². The topological polar surface area (TPSA) is 41.0 Å². The summed E-state index contributed by atoms with van der Waals surface area (Å²) < 4.78 is 0. The maximum Gasteiger partial charge on any atom is 0.131 e. The maximum absolute atomic E-state index is 4.14. The van der Waals surface area contributed by atoms with Crippen molar-refractivity contribution in [2.45, 2.75) is 25.9 Å². The summed E-state index contributed by atoms with van der Waals surface area (Å²) >= 11 is 1.70. The lowest BCUT2D eigenvalue weighted by atomic mass is 10.3. The average Bonchev–Trinajstić information content (AvgIpc) is 2.76. The molecule has 1 aromatic rings. The van der Waals surface area contributed by atoms with E-state index in [1.807, 2.05) is 14.0 Å². The molecular weight excluding hydrogens is 196 g/mol. The Labute approximate surface area is 88.3 Å². The third-order valence-corrected chi connectivity index (χ3v) is 3.43. The smallest absolute Gasteiger partial charge is 0.131 e. The summed E-state index contributed by atoms with van der Waals surface area (Å²) in [7, 11) is 2.03. The monoisotopic (exact) mass is 212 g/mol. The maximum atomic E-state index is 4.14. The fourth-order valence-corrected chi connectivity index (χ4v) is 2.56. The van der Waals surface area contributed by atoms with Crippen LogP contribution in [-0.4, -0.2) is 41.3 Å². The van der Waals surface area contributed by atoms with Gasteiger partial charge >= 0.3 is 0 Å². The Morgan fingerprint density at radius 2 is 2.43 bits per heavy atom. The summed E-state index contributed by atoms with van der Waals surface area (Å²) in [5.41, 5.74) is 0. The predicted octanol–water partition coefficient (Wildman–Crippen LogP) is 0.640. The van der Waals surface area contributed by atoms with Crippen molar-refractivity contribution in [1.82, 2.24) is 20.4 Å². The van der Waals surface area contributed by atoms with Gasteiger partial charge in [-0.25, -0.2) is 0 Å². The SMILES string of the molecule is CNC1CCN(Cc2nnc(C)s2)C1. The van der Waals surface area contributed by atoms with Gasteiger partial charge in [0.1, 0.15) is 10.0 Å². The van der Waals surface area contributed by atoms with Crippen LogP contribution >= 0.6 is 11.3 Å². The molecule has 0 amide bonds. The van der Waals surface area contributed by atoms with Gasteiger partial charge in [0.05, 0.1) is 6.54 Å². The molecular formula is C9H16N4S. The molecule has 5 heteroatoms. The number of nitrogens with one attached hydrogen (secondary N) is 1. The quantitative estimate of drug-likeness (QED) is 0.798. The molecule has 78 valence electrons. The van der Waals surface area contributed by atoms with Crippen LogP contribution in [0.5, 0.6) is 0 Å². The van der Waals surface area contributed by atoms with Crippen LogP contribution in [0.15, 0.2) is 0 Å². The summed E-state index contributed by atoms with van der Waals surface area (Å²) in [6.45, 7) is 5.27. The van der Waals surface area contributed by atoms with E-state index in [4.69, 9.17) is 0 Å². The molecule has 0 aliphatic carbocycles. The number of aryl methyl sites for hydroxylation is 1. The summed E-state index contributed by atoms with van der Waals surface area (Å²) in [5.74, 6) is 0. The lowest BCUT2D eigenvalue weighted by Gasteiger charge is -2.13. The van der Waals surface area contributed by atoms with Crippen molar-refractivity contribution < 1.29 is 0 Å². The van der Waals surface area contributed by atoms with E-state index >= 15 is 0 Å². The zero-order chi connectivity index (χ0) is 9.97. The number of rotatable bonds is 3. The number of nitrogens with zero attached hydrogens (tertiary/aromatic N) is 3. The summed E-state index contributed by atoms with van der Waals surface area (Å²) in [5, 5.41) is 13.7. The third kappa shape index (κ3) is 2.29. The summed E-state index contributed by atoms with van der Waals surface area (Å²) in [6, 6.07) is 0.656. The van der Waals surface area contributed by atoms with Gasteiger partial charge in [-0.3, -0.25) is 4.90 Å². The fourth-order valence-electron chi connectivity index (χ4n) is 1.80. The first-order valence-corrected chi connectivity index (χ1v) is 5.78. The number of likely N-dealkylation sites (N-methyl/N-ethyl adjacent to an activating group) is 1. The molecule has 0 aromatic carbocycles. The Morgan fingerprint density at radius 3 is 3.00 bits per heavy atom. The molecule has 1 saturated heterocycles. The molecule has 4 nitrogen and oxygen atoms in total. The van der Waals surface area contributed by atoms with Gasteiger partial charge in [0.2, 0.25) is 0 Å². The normalized spacial score (nSPS) is 23.1. The fraction of sp³-hybridized carbons (Fsp3) is 0.778. The molecule has 1 aliphatic heterocycles. The van der Waals surface area contributed by atoms with E-state index < -0.39 is 0 Å². The first kappa shape index (κ1) is 10.0. The van der Waals surface area contributed by atoms with E-state index in [9.17, 15) is 0 Å². The van der Waals surface area contributed by atoms with Crippen LogP contribution in [0, 0.1) is 6.92 Å². The highest BCUT2D eigenvalue weighted by Crippen LogP contribution is 2.15. The molecule has 0 spiro atoms. The number of hydrogen-bond acceptors (Lipinski definition) is 5. The lowest BCUT2D eigenvalue weighted by Crippen LogP contribution is -2.29. The minimum atomic E-state index is 0.656. The minimum absolute atomic E-state index is 0.656. The van der Waals surface area contributed by atoms with Crippen LogP contribution in [0.25, 0.3) is 0 Å². The molecule has 1 N–H and O–H groups in total. The highest BCUT2D eigenvalue weighted by atomic mass is 32.1. The van der Waals surface area contributed by atoms with Crippen LogP contribution in [0.4, 0.5) is 0 Å². The van der Waals surface area contributed by atoms with Crippen molar-refractivity contribution in [3.63, 3.8) is 0 Å². The minimum Gasteiger partial charge on any atom is -0.316 e. The molecule has 0 saturated carbocycles. The Morgan fingerprint density at radius 1 is 1.57 bits per heavy atom. The van der Waals surface area contributed by atoms with Crippen molar-refractivity contribution in [2.24, 2.45) is 0 Å². The molecule has 14 heavy (non-hydrogen) atoms. The molecule has 1 aromatic heterocycles. The van der Waals surface area contributed by atoms with Crippen LogP contribution in [0.2, 0.25) is 0 Å². The van der Waals surface area contributed by atoms with Crippen molar-refractivity contribution in [3.8, 4) is 0 Å². The van der Waals surface area contributed by atoms with Crippen molar-refractivity contribution in [1.29, 1.82) is 0 Å². The molecule has 1 unspecified atom stereocenters. The van der Waals surface area contributed by atoms with E-state index in [1.165, 1.54) is 13.0 Å². The number of aromatic nitrogens is 2. The van der Waals surface area contributed by atoms with Crippen molar-refractivity contribution in [2.75, 3.05) is 20.1 Å². The molecule has 1 aliphatic rings. The molecule has 2 rings (SSSR count). The van der Waals surface area contributed by atoms with Crippen molar-refractivity contribution in [3.05, 3.63) is 10.0 Å². The first-order chi connectivity index (χ1) is 6.78. The van der Waals surface area contributed by atoms with E-state index in [0.717, 1.165) is 23.1 Å². The third-order valence-electron chi connectivity index (χ3n) is 2.61. The zero-order valence-corrected chi connectivity index (χ0v) is 9.47. The van der Waals surface area contributed by atoms with Gasteiger partial charge < -0.3 is 5.32 Å². The standard InChI is InChI=1S/C9H16N4S/c1-7-11-12-9(14-7)6-13-4-3-8(5-13)10-2/h8,10H,3-6H2,1-2H3. The van der Waals surface area contributed by atoms with Gasteiger partial charge in [0.25, 0.3) is 0 Å². The molecule has 0 radical (unpaired) electrons. The molecule has 1 fully saturated rings. The zero-order valence-electron chi connectivity index (χ0n) is 8.66. The van der Waals surface area contributed by atoms with E-state index in [0.29, 0.717) is 6.04 Å². The van der Waals surface area contributed by atoms with Gasteiger partial charge in [0, 0.05) is 19.1 Å². The second kappa shape index (κ2) is 4.33. The van der Waals surface area contributed by atoms with Gasteiger partial charge in [-0.2, -0.15) is 0 Å². The van der Waals surface area contributed by atoms with E-state index in [-0.39, 0.29) is 0 Å². The van der Waals surface area contributed by atoms with Crippen LogP contribution in [0.3, 0.4) is 0 Å². The van der Waals surface area contributed by atoms with Crippen LogP contribution < -0.4 is 5.32 Å². The molecule has 1 atom stereocenters. The van der Waals surface area contributed by atoms with Crippen LogP contribution in [-0.2, 0) is 6.54 Å². The molecule has 0 bridgehead atoms. The Kier molecular flexibility index (Phi) is 3.10. The predicted molar refractivity (Wildman–Crippen MR) is 57.4 cm³/mol. The Hall–Kier alpha value is -0.520. The van der Waals surface area contributed by atoms with Gasteiger partial charge in [-0.1, -0.05) is 0 Å². The second-order valence-electron chi connectivity index (χ2n) is 3.72. The average molecular weight is 212 g/mol. The summed E-state index contributed by atoms with van der Waals surface area (Å²) in [4.78, 5) is 2.43. The van der Waals surface area contributed by atoms with Gasteiger partial charge in [0.15, 0.2) is 0 Å². The van der Waals surface area contributed by atoms with E-state index in [2.05, 4.69) is 20.4 Å². The highest BCUT2D eigenvalue weighted by molar-refractivity contribution is 7.11. The second-order valence-corrected chi connectivity index (χ2v) is 4.99. The summed E-state index contributed by atoms with van der Waals surface area (Å²) in [6.07, 6.45) is 1.24. The molecule has 2 heterocycles. The Balaban J connectivity index is 1.87. The lowest BCUT2D eigenvalue weighted by molar-refractivity contribution is 0.321. The highest BCUT2D eigenvalue weighted by Gasteiger charge is 2.21. The van der Waals surface area contributed by atoms with Crippen LogP contribution in [0.1, 0.15) is 16.4 Å². The Bertz CT molecular complexity index is 299. The largest absolute Gasteiger partial charge is 0.316 e. The first-order valence-electron chi connectivity index (χ1n) is 4.96. The van der Waals surface area contributed by atoms with E-state index in [1.54, 1.807) is 11.3 Å². The number of hydrogen-bond donors (Lipinski definition) is 1. The number of likely N-dealkylation sites (tertiary alicyclic amines) is 1. The van der Waals surface area contributed by atoms with Crippen molar-refractivity contribution >= 4 is 11.3 Å². The van der Waals surface area contributed by atoms with Gasteiger partial charge in [-0.05, 0) is 20.4 Å².